The fraction of sp³-hybridized carbons (Fsp3) is 0.143. The molecular weight excluding hydrogens is 368 g/mol. The van der Waals surface area contributed by atoms with Gasteiger partial charge in [-0.05, 0) is 18.2 Å². The van der Waals surface area contributed by atoms with E-state index in [1.807, 2.05) is 54.6 Å². The minimum absolute atomic E-state index is 0.406. The molecule has 0 unspecified atom stereocenters. The van der Waals surface area contributed by atoms with Gasteiger partial charge in [0.25, 0.3) is 0 Å². The topological polar surface area (TPSA) is 97.8 Å². The Balaban J connectivity index is 1.51. The molecule has 0 amide bonds. The monoisotopic (exact) mass is 388 g/mol. The summed E-state index contributed by atoms with van der Waals surface area (Å²) < 4.78 is 10.8. The minimum Gasteiger partial charge on any atom is -0.493 e. The first-order valence-electron chi connectivity index (χ1n) is 9.03. The number of ether oxygens (including phenoxy) is 2. The molecule has 4 rings (SSSR count). The van der Waals surface area contributed by atoms with Crippen LogP contribution in [-0.4, -0.2) is 39.6 Å². The predicted molar refractivity (Wildman–Crippen MR) is 110 cm³/mol. The van der Waals surface area contributed by atoms with E-state index < -0.39 is 0 Å². The molecule has 0 radical (unpaired) electrons. The molecular formula is C21H20N6O2. The quantitative estimate of drug-likeness (QED) is 0.499. The number of aromatic nitrogens is 5. The van der Waals surface area contributed by atoms with Crippen molar-refractivity contribution in [3.8, 4) is 34.0 Å². The highest BCUT2D eigenvalue weighted by Gasteiger charge is 2.14. The number of hydrogen-bond donors (Lipinski definition) is 2. The predicted octanol–water partition coefficient (Wildman–Crippen LogP) is 3.56. The summed E-state index contributed by atoms with van der Waals surface area (Å²) in [5.74, 6) is 1.63. The lowest BCUT2D eigenvalue weighted by Crippen LogP contribution is -2.06. The third-order valence-electron chi connectivity index (χ3n) is 4.38. The zero-order valence-corrected chi connectivity index (χ0v) is 16.1. The van der Waals surface area contributed by atoms with Gasteiger partial charge in [0, 0.05) is 11.1 Å². The van der Waals surface area contributed by atoms with Crippen molar-refractivity contribution in [2.75, 3.05) is 19.5 Å². The van der Waals surface area contributed by atoms with Gasteiger partial charge in [-0.15, -0.1) is 5.10 Å². The van der Waals surface area contributed by atoms with Crippen LogP contribution in [0.15, 0.2) is 60.8 Å². The molecule has 29 heavy (non-hydrogen) atoms. The highest BCUT2D eigenvalue weighted by molar-refractivity contribution is 5.71. The normalized spacial score (nSPS) is 10.6. The Morgan fingerprint density at radius 1 is 0.966 bits per heavy atom. The Hall–Kier alpha value is -3.94. The summed E-state index contributed by atoms with van der Waals surface area (Å²) in [5.41, 5.74) is 4.26. The molecule has 2 heterocycles. The van der Waals surface area contributed by atoms with Crippen LogP contribution in [0.1, 0.15) is 5.69 Å². The van der Waals surface area contributed by atoms with Gasteiger partial charge in [-0.1, -0.05) is 36.4 Å². The Morgan fingerprint density at radius 2 is 1.83 bits per heavy atom. The first-order valence-corrected chi connectivity index (χ1v) is 9.03. The number of rotatable bonds is 7. The number of benzene rings is 2. The minimum atomic E-state index is 0.406. The van der Waals surface area contributed by atoms with E-state index in [9.17, 15) is 0 Å². The first-order chi connectivity index (χ1) is 14.3. The van der Waals surface area contributed by atoms with Crippen LogP contribution < -0.4 is 14.8 Å². The Kier molecular flexibility index (Phi) is 5.33. The molecule has 8 nitrogen and oxygen atoms in total. The molecule has 146 valence electrons. The number of nitrogens with zero attached hydrogens (tertiary/aromatic N) is 4. The molecule has 0 atom stereocenters. The molecule has 2 aromatic carbocycles. The lowest BCUT2D eigenvalue weighted by Gasteiger charge is -2.12. The van der Waals surface area contributed by atoms with Crippen LogP contribution in [0.4, 0.5) is 5.95 Å². The Morgan fingerprint density at radius 3 is 2.62 bits per heavy atom. The van der Waals surface area contributed by atoms with E-state index in [0.29, 0.717) is 29.7 Å². The number of methoxy groups -OCH3 is 2. The third-order valence-corrected chi connectivity index (χ3v) is 4.38. The van der Waals surface area contributed by atoms with Crippen molar-refractivity contribution in [3.63, 3.8) is 0 Å². The van der Waals surface area contributed by atoms with Gasteiger partial charge in [0.1, 0.15) is 0 Å². The smallest absolute Gasteiger partial charge is 0.243 e. The summed E-state index contributed by atoms with van der Waals surface area (Å²) in [6.45, 7) is 0.486. The second-order valence-electron chi connectivity index (χ2n) is 6.20. The van der Waals surface area contributed by atoms with Crippen molar-refractivity contribution >= 4 is 5.95 Å². The van der Waals surface area contributed by atoms with Crippen molar-refractivity contribution in [1.82, 2.24) is 25.4 Å². The summed E-state index contributed by atoms with van der Waals surface area (Å²) in [6.07, 6.45) is 1.59. The maximum absolute atomic E-state index is 5.49. The summed E-state index contributed by atoms with van der Waals surface area (Å²) in [6, 6.07) is 17.6. The lowest BCUT2D eigenvalue weighted by molar-refractivity contribution is 0.356. The number of aromatic amines is 1. The van der Waals surface area contributed by atoms with Gasteiger partial charge < -0.3 is 14.8 Å². The number of para-hydroxylation sites is 1. The number of hydrogen-bond acceptors (Lipinski definition) is 7. The Bertz CT molecular complexity index is 1100. The molecule has 0 aliphatic heterocycles. The lowest BCUT2D eigenvalue weighted by atomic mass is 10.1. The van der Waals surface area contributed by atoms with Crippen molar-refractivity contribution in [2.45, 2.75) is 6.54 Å². The largest absolute Gasteiger partial charge is 0.493 e. The SMILES string of the molecule is COc1cccc(-c2cnnc(NCc3cc(-c4ccccc4)n[nH]3)n2)c1OC. The standard InChI is InChI=1S/C21H20N6O2/c1-28-19-10-6-9-16(20(19)29-2)18-13-23-27-21(24-18)22-12-15-11-17(26-25-15)14-7-4-3-5-8-14/h3-11,13H,12H2,1-2H3,(H,25,26)(H,22,24,27). The van der Waals surface area contributed by atoms with Crippen molar-refractivity contribution in [3.05, 3.63) is 66.5 Å². The van der Waals surface area contributed by atoms with Gasteiger partial charge in [-0.3, -0.25) is 5.10 Å². The molecule has 0 aliphatic rings. The highest BCUT2D eigenvalue weighted by atomic mass is 16.5. The van der Waals surface area contributed by atoms with Crippen LogP contribution in [0.3, 0.4) is 0 Å². The molecule has 0 saturated heterocycles. The molecule has 8 heteroatoms. The van der Waals surface area contributed by atoms with E-state index in [1.54, 1.807) is 20.4 Å². The van der Waals surface area contributed by atoms with Crippen LogP contribution in [-0.2, 0) is 6.54 Å². The summed E-state index contributed by atoms with van der Waals surface area (Å²) >= 11 is 0. The van der Waals surface area contributed by atoms with Crippen LogP contribution in [0.25, 0.3) is 22.5 Å². The number of H-pyrrole nitrogens is 1. The van der Waals surface area contributed by atoms with Gasteiger partial charge in [0.15, 0.2) is 11.5 Å². The van der Waals surface area contributed by atoms with E-state index in [-0.39, 0.29) is 0 Å². The second kappa shape index (κ2) is 8.39. The molecule has 0 saturated carbocycles. The molecule has 2 aromatic heterocycles. The number of anilines is 1. The average molecular weight is 388 g/mol. The van der Waals surface area contributed by atoms with Gasteiger partial charge in [0.05, 0.1) is 44.0 Å². The Labute approximate surface area is 167 Å². The van der Waals surface area contributed by atoms with Crippen LogP contribution >= 0.6 is 0 Å². The number of nitrogens with one attached hydrogen (secondary N) is 2. The maximum Gasteiger partial charge on any atom is 0.243 e. The second-order valence-corrected chi connectivity index (χ2v) is 6.20. The van der Waals surface area contributed by atoms with Crippen molar-refractivity contribution in [1.29, 1.82) is 0 Å². The fourth-order valence-corrected chi connectivity index (χ4v) is 2.98. The summed E-state index contributed by atoms with van der Waals surface area (Å²) in [4.78, 5) is 4.55. The summed E-state index contributed by atoms with van der Waals surface area (Å²) in [5, 5.41) is 18.7. The molecule has 0 aliphatic carbocycles. The van der Waals surface area contributed by atoms with Gasteiger partial charge in [-0.25, -0.2) is 4.98 Å². The van der Waals surface area contributed by atoms with Crippen LogP contribution in [0.5, 0.6) is 11.5 Å². The van der Waals surface area contributed by atoms with Crippen molar-refractivity contribution < 1.29 is 9.47 Å². The molecule has 0 spiro atoms. The van der Waals surface area contributed by atoms with Crippen LogP contribution in [0.2, 0.25) is 0 Å². The zero-order chi connectivity index (χ0) is 20.1. The summed E-state index contributed by atoms with van der Waals surface area (Å²) in [7, 11) is 3.19. The van der Waals surface area contributed by atoms with Crippen molar-refractivity contribution in [2.24, 2.45) is 0 Å². The third kappa shape index (κ3) is 4.01. The molecule has 0 fully saturated rings. The van der Waals surface area contributed by atoms with Gasteiger partial charge in [0.2, 0.25) is 5.95 Å². The maximum atomic E-state index is 5.49. The highest BCUT2D eigenvalue weighted by Crippen LogP contribution is 2.36. The van der Waals surface area contributed by atoms with E-state index in [0.717, 1.165) is 22.5 Å². The van der Waals surface area contributed by atoms with E-state index in [4.69, 9.17) is 9.47 Å². The fourth-order valence-electron chi connectivity index (χ4n) is 2.98. The van der Waals surface area contributed by atoms with E-state index in [1.165, 1.54) is 0 Å². The molecule has 0 bridgehead atoms. The molecule has 4 aromatic rings. The van der Waals surface area contributed by atoms with Gasteiger partial charge >= 0.3 is 0 Å². The van der Waals surface area contributed by atoms with Gasteiger partial charge in [-0.2, -0.15) is 10.2 Å². The van der Waals surface area contributed by atoms with E-state index in [2.05, 4.69) is 30.7 Å². The first kappa shape index (κ1) is 18.4. The van der Waals surface area contributed by atoms with E-state index >= 15 is 0 Å². The average Bonchev–Trinajstić information content (AvgIpc) is 3.27. The zero-order valence-electron chi connectivity index (χ0n) is 16.1. The molecule has 2 N–H and O–H groups in total. The van der Waals surface area contributed by atoms with Crippen LogP contribution in [0, 0.1) is 0 Å².